The van der Waals surface area contributed by atoms with Crippen molar-refractivity contribution in [3.63, 3.8) is 0 Å². The Labute approximate surface area is 275 Å². The van der Waals surface area contributed by atoms with Gasteiger partial charge in [0, 0.05) is 65.2 Å². The summed E-state index contributed by atoms with van der Waals surface area (Å²) in [5.74, 6) is 0.514. The van der Waals surface area contributed by atoms with Crippen LogP contribution in [-0.4, -0.2) is 83.9 Å². The van der Waals surface area contributed by atoms with E-state index < -0.39 is 0 Å². The Kier molecular flexibility index (Phi) is 9.90. The highest BCUT2D eigenvalue weighted by Gasteiger charge is 2.28. The molecule has 2 aromatic carbocycles. The van der Waals surface area contributed by atoms with Crippen LogP contribution in [0.5, 0.6) is 0 Å². The van der Waals surface area contributed by atoms with Gasteiger partial charge in [-0.3, -0.25) is 9.59 Å². The van der Waals surface area contributed by atoms with Crippen molar-refractivity contribution in [3.05, 3.63) is 47.5 Å². The van der Waals surface area contributed by atoms with Crippen LogP contribution < -0.4 is 9.80 Å². The van der Waals surface area contributed by atoms with Crippen molar-refractivity contribution in [2.24, 2.45) is 0 Å². The number of hydrogen-bond acceptors (Lipinski definition) is 8. The number of nitrogens with zero attached hydrogens (tertiary/aromatic N) is 6. The molecule has 0 unspecified atom stereocenters. The quantitative estimate of drug-likeness (QED) is 0.172. The molecule has 2 fully saturated rings. The van der Waals surface area contributed by atoms with Crippen LogP contribution in [0.2, 0.25) is 0 Å². The maximum atomic E-state index is 12.9. The Morgan fingerprint density at radius 1 is 0.689 bits per heavy atom. The largest absolute Gasteiger partial charge is 0.348 e. The number of rotatable bonds is 10. The van der Waals surface area contributed by atoms with Gasteiger partial charge in [-0.1, -0.05) is 53.4 Å². The number of piperidine rings is 2. The van der Waals surface area contributed by atoms with Crippen molar-refractivity contribution < 1.29 is 9.59 Å². The standard InChI is InChI=1S/C35H46N6O2S2/c1-24-10-8-12-28-32(24)36-34(44-28)38(3)26-16-20-40(21-17-26)30(42)14-6-5-7-15-31(43)41-22-18-27(19-23-41)39(4)35-37-33-25(2)11-9-13-29(33)45-35/h8-13,26-27H,5-7,14-23H2,1-4H3. The fourth-order valence-electron chi connectivity index (χ4n) is 6.81. The van der Waals surface area contributed by atoms with Gasteiger partial charge in [0.05, 0.1) is 20.4 Å². The number of benzene rings is 2. The number of amides is 2. The van der Waals surface area contributed by atoms with E-state index in [9.17, 15) is 9.59 Å². The van der Waals surface area contributed by atoms with Gasteiger partial charge in [-0.25, -0.2) is 9.97 Å². The third kappa shape index (κ3) is 7.12. The minimum Gasteiger partial charge on any atom is -0.348 e. The lowest BCUT2D eigenvalue weighted by atomic mass is 10.0. The summed E-state index contributed by atoms with van der Waals surface area (Å²) in [6.07, 6.45) is 7.66. The van der Waals surface area contributed by atoms with E-state index in [-0.39, 0.29) is 11.8 Å². The van der Waals surface area contributed by atoms with Gasteiger partial charge in [-0.2, -0.15) is 0 Å². The molecule has 4 aromatic rings. The molecule has 10 heteroatoms. The molecule has 2 aromatic heterocycles. The van der Waals surface area contributed by atoms with Gasteiger partial charge >= 0.3 is 0 Å². The Hall–Kier alpha value is -3.24. The zero-order chi connectivity index (χ0) is 31.5. The number of aryl methyl sites for hydroxylation is 2. The number of carbonyl (C=O) groups excluding carboxylic acids is 2. The molecular formula is C35H46N6O2S2. The number of thiazole rings is 2. The topological polar surface area (TPSA) is 72.9 Å². The summed E-state index contributed by atoms with van der Waals surface area (Å²) in [5.41, 5.74) is 4.63. The van der Waals surface area contributed by atoms with Crippen LogP contribution >= 0.6 is 22.7 Å². The Morgan fingerprint density at radius 3 is 1.47 bits per heavy atom. The molecule has 2 aliphatic heterocycles. The first kappa shape index (κ1) is 31.7. The average molecular weight is 647 g/mol. The molecule has 2 aliphatic rings. The van der Waals surface area contributed by atoms with E-state index in [1.807, 2.05) is 9.80 Å². The molecule has 8 nitrogen and oxygen atoms in total. The lowest BCUT2D eigenvalue weighted by Crippen LogP contribution is -2.45. The van der Waals surface area contributed by atoms with Crippen molar-refractivity contribution >= 4 is 65.2 Å². The molecule has 0 bridgehead atoms. The second kappa shape index (κ2) is 14.0. The highest BCUT2D eigenvalue weighted by atomic mass is 32.1. The monoisotopic (exact) mass is 646 g/mol. The molecule has 2 saturated heterocycles. The average Bonchev–Trinajstić information content (AvgIpc) is 3.71. The lowest BCUT2D eigenvalue weighted by molar-refractivity contribution is -0.132. The van der Waals surface area contributed by atoms with Gasteiger partial charge < -0.3 is 19.6 Å². The van der Waals surface area contributed by atoms with Gasteiger partial charge in [-0.05, 0) is 75.6 Å². The predicted molar refractivity (Wildman–Crippen MR) is 188 cm³/mol. The minimum absolute atomic E-state index is 0.257. The van der Waals surface area contributed by atoms with E-state index in [0.29, 0.717) is 24.9 Å². The highest BCUT2D eigenvalue weighted by Crippen LogP contribution is 2.34. The second-order valence-electron chi connectivity index (χ2n) is 12.8. The number of para-hydroxylation sites is 2. The van der Waals surface area contributed by atoms with Crippen LogP contribution in [0.3, 0.4) is 0 Å². The Balaban J connectivity index is 0.862. The molecule has 0 radical (unpaired) electrons. The second-order valence-corrected chi connectivity index (χ2v) is 14.9. The number of fused-ring (bicyclic) bond motifs is 2. The van der Waals surface area contributed by atoms with E-state index in [1.165, 1.54) is 20.5 Å². The number of hydrogen-bond donors (Lipinski definition) is 0. The molecule has 45 heavy (non-hydrogen) atoms. The Bertz CT molecular complexity index is 1510. The molecule has 6 rings (SSSR count). The first-order valence-electron chi connectivity index (χ1n) is 16.5. The Morgan fingerprint density at radius 2 is 1.09 bits per heavy atom. The molecule has 0 spiro atoms. The van der Waals surface area contributed by atoms with Crippen molar-refractivity contribution in [2.45, 2.75) is 83.7 Å². The molecule has 240 valence electrons. The molecule has 2 amide bonds. The normalized spacial score (nSPS) is 16.5. The molecule has 0 N–H and O–H groups in total. The van der Waals surface area contributed by atoms with Gasteiger partial charge in [0.1, 0.15) is 0 Å². The molecule has 0 saturated carbocycles. The SMILES string of the molecule is Cc1cccc2sc(N(C)C3CCN(C(=O)CCCCCC(=O)N4CCC(N(C)c5nc6c(C)cccc6s5)CC4)CC3)nc12. The van der Waals surface area contributed by atoms with Crippen LogP contribution in [0, 0.1) is 13.8 Å². The number of carbonyl (C=O) groups is 2. The van der Waals surface area contributed by atoms with Crippen molar-refractivity contribution in [1.82, 2.24) is 19.8 Å². The van der Waals surface area contributed by atoms with Crippen molar-refractivity contribution in [3.8, 4) is 0 Å². The highest BCUT2D eigenvalue weighted by molar-refractivity contribution is 7.22. The number of likely N-dealkylation sites (tertiary alicyclic amines) is 2. The maximum absolute atomic E-state index is 12.9. The van der Waals surface area contributed by atoms with E-state index in [0.717, 1.165) is 92.4 Å². The third-order valence-corrected chi connectivity index (χ3v) is 12.1. The molecule has 0 atom stereocenters. The van der Waals surface area contributed by atoms with E-state index in [2.05, 4.69) is 74.1 Å². The molecule has 4 heterocycles. The van der Waals surface area contributed by atoms with Gasteiger partial charge in [0.2, 0.25) is 11.8 Å². The summed E-state index contributed by atoms with van der Waals surface area (Å²) < 4.78 is 2.46. The van der Waals surface area contributed by atoms with E-state index in [4.69, 9.17) is 9.97 Å². The van der Waals surface area contributed by atoms with Gasteiger partial charge in [0.25, 0.3) is 0 Å². The van der Waals surface area contributed by atoms with Crippen LogP contribution in [0.15, 0.2) is 36.4 Å². The van der Waals surface area contributed by atoms with Crippen molar-refractivity contribution in [1.29, 1.82) is 0 Å². The fraction of sp³-hybridized carbons (Fsp3) is 0.543. The minimum atomic E-state index is 0.257. The van der Waals surface area contributed by atoms with Crippen molar-refractivity contribution in [2.75, 3.05) is 50.1 Å². The summed E-state index contributed by atoms with van der Waals surface area (Å²) in [7, 11) is 4.28. The summed E-state index contributed by atoms with van der Waals surface area (Å²) >= 11 is 3.50. The first-order chi connectivity index (χ1) is 21.8. The number of aromatic nitrogens is 2. The predicted octanol–water partition coefficient (Wildman–Crippen LogP) is 7.03. The lowest BCUT2D eigenvalue weighted by Gasteiger charge is -2.37. The van der Waals surface area contributed by atoms with Gasteiger partial charge in [-0.15, -0.1) is 0 Å². The first-order valence-corrected chi connectivity index (χ1v) is 18.2. The molecular weight excluding hydrogens is 601 g/mol. The van der Waals surface area contributed by atoms with Crippen LogP contribution in [-0.2, 0) is 9.59 Å². The summed E-state index contributed by atoms with van der Waals surface area (Å²) in [6, 6.07) is 13.5. The van der Waals surface area contributed by atoms with Gasteiger partial charge in [0.15, 0.2) is 10.3 Å². The zero-order valence-corrected chi connectivity index (χ0v) is 28.8. The number of anilines is 2. The van der Waals surface area contributed by atoms with Crippen LogP contribution in [0.25, 0.3) is 20.4 Å². The fourth-order valence-corrected chi connectivity index (χ4v) is 8.97. The maximum Gasteiger partial charge on any atom is 0.222 e. The zero-order valence-electron chi connectivity index (χ0n) is 27.1. The van der Waals surface area contributed by atoms with E-state index >= 15 is 0 Å². The summed E-state index contributed by atoms with van der Waals surface area (Å²) in [5, 5.41) is 2.13. The van der Waals surface area contributed by atoms with Crippen LogP contribution in [0.4, 0.5) is 10.3 Å². The summed E-state index contributed by atoms with van der Waals surface area (Å²) in [6.45, 7) is 7.45. The summed E-state index contributed by atoms with van der Waals surface area (Å²) in [4.78, 5) is 44.3. The smallest absolute Gasteiger partial charge is 0.222 e. The number of unbranched alkanes of at least 4 members (excludes halogenated alkanes) is 2. The van der Waals surface area contributed by atoms with E-state index in [1.54, 1.807) is 22.7 Å². The van der Waals surface area contributed by atoms with Crippen LogP contribution in [0.1, 0.15) is 68.9 Å². The third-order valence-electron chi connectivity index (χ3n) is 9.83. The molecule has 0 aliphatic carbocycles.